The molecule has 0 aromatic carbocycles. The fourth-order valence-corrected chi connectivity index (χ4v) is 4.71. The molecule has 1 N–H and O–H groups in total. The van der Waals surface area contributed by atoms with Crippen LogP contribution in [0.25, 0.3) is 0 Å². The van der Waals surface area contributed by atoms with Crippen molar-refractivity contribution in [1.29, 1.82) is 0 Å². The number of hydrogen-bond donors (Lipinski definition) is 1. The van der Waals surface area contributed by atoms with Gasteiger partial charge in [-0.05, 0) is 43.9 Å². The van der Waals surface area contributed by atoms with Crippen molar-refractivity contribution in [3.63, 3.8) is 0 Å². The third kappa shape index (κ3) is 4.66. The molecule has 2 aliphatic heterocycles. The number of aryl methyl sites for hydroxylation is 1. The van der Waals surface area contributed by atoms with Crippen molar-refractivity contribution in [1.82, 2.24) is 14.8 Å². The van der Waals surface area contributed by atoms with Gasteiger partial charge in [-0.3, -0.25) is 14.4 Å². The maximum atomic E-state index is 12.7. The largest absolute Gasteiger partial charge is 0.469 e. The first-order valence-corrected chi connectivity index (χ1v) is 10.8. The molecular weight excluding hydrogens is 382 g/mol. The zero-order valence-electron chi connectivity index (χ0n) is 17.4. The number of piperidine rings is 1. The molecule has 2 amide bonds. The van der Waals surface area contributed by atoms with Gasteiger partial charge in [0.25, 0.3) is 5.56 Å². The summed E-state index contributed by atoms with van der Waals surface area (Å²) in [6.07, 6.45) is 4.65. The Kier molecular flexibility index (Phi) is 6.06. The van der Waals surface area contributed by atoms with Crippen molar-refractivity contribution in [2.24, 2.45) is 5.92 Å². The van der Waals surface area contributed by atoms with Gasteiger partial charge in [-0.15, -0.1) is 0 Å². The van der Waals surface area contributed by atoms with E-state index in [1.165, 1.54) is 0 Å². The van der Waals surface area contributed by atoms with Crippen molar-refractivity contribution in [2.75, 3.05) is 13.1 Å². The number of carbonyl (C=O) groups is 2. The number of nitrogens with one attached hydrogen (secondary N) is 1. The van der Waals surface area contributed by atoms with Gasteiger partial charge < -0.3 is 19.2 Å². The Morgan fingerprint density at radius 1 is 1.17 bits per heavy atom. The van der Waals surface area contributed by atoms with Crippen LogP contribution in [0.15, 0.2) is 45.8 Å². The lowest BCUT2D eigenvalue weighted by Crippen LogP contribution is -2.49. The molecule has 30 heavy (non-hydrogen) atoms. The van der Waals surface area contributed by atoms with Gasteiger partial charge in [-0.25, -0.2) is 0 Å². The highest BCUT2D eigenvalue weighted by Crippen LogP contribution is 2.35. The minimum atomic E-state index is -0.0932. The van der Waals surface area contributed by atoms with Crippen LogP contribution in [0.3, 0.4) is 0 Å². The Balaban J connectivity index is 1.24. The number of pyridine rings is 1. The number of amides is 2. The molecule has 4 rings (SSSR count). The number of furan rings is 1. The third-order valence-corrected chi connectivity index (χ3v) is 6.21. The van der Waals surface area contributed by atoms with Gasteiger partial charge in [0, 0.05) is 62.6 Å². The molecule has 1 saturated heterocycles. The number of fused-ring (bicyclic) bond motifs is 4. The molecular formula is C23H29N3O4. The van der Waals surface area contributed by atoms with E-state index in [1.807, 2.05) is 34.6 Å². The fraction of sp³-hybridized carbons (Fsp3) is 0.522. The number of rotatable bonds is 7. The summed E-state index contributed by atoms with van der Waals surface area (Å²) >= 11 is 0. The number of aromatic nitrogens is 1. The monoisotopic (exact) mass is 411 g/mol. The Hall–Kier alpha value is -2.83. The van der Waals surface area contributed by atoms with Crippen LogP contribution in [0, 0.1) is 5.92 Å². The SMILES string of the molecule is CC(CCc1ccco1)NC(=O)CCC(=O)N1CC2C[C@@H](C1)c1cccc(=O)n1C2. The topological polar surface area (TPSA) is 84.6 Å². The highest BCUT2D eigenvalue weighted by atomic mass is 16.3. The Labute approximate surface area is 176 Å². The molecule has 7 nitrogen and oxygen atoms in total. The second-order valence-corrected chi connectivity index (χ2v) is 8.58. The number of hydrogen-bond acceptors (Lipinski definition) is 4. The van der Waals surface area contributed by atoms with E-state index in [1.54, 1.807) is 18.4 Å². The van der Waals surface area contributed by atoms with Crippen molar-refractivity contribution in [2.45, 2.75) is 57.5 Å². The van der Waals surface area contributed by atoms with Crippen LogP contribution in [-0.2, 0) is 22.6 Å². The Morgan fingerprint density at radius 2 is 2.03 bits per heavy atom. The van der Waals surface area contributed by atoms with Crippen molar-refractivity contribution >= 4 is 11.8 Å². The van der Waals surface area contributed by atoms with Crippen molar-refractivity contribution in [3.8, 4) is 0 Å². The van der Waals surface area contributed by atoms with E-state index in [0.29, 0.717) is 25.6 Å². The number of carbonyl (C=O) groups excluding carboxylic acids is 2. The van der Waals surface area contributed by atoms with Crippen LogP contribution in [0.4, 0.5) is 0 Å². The third-order valence-electron chi connectivity index (χ3n) is 6.21. The molecule has 7 heteroatoms. The molecule has 2 aromatic rings. The van der Waals surface area contributed by atoms with E-state index in [0.717, 1.165) is 30.7 Å². The van der Waals surface area contributed by atoms with Gasteiger partial charge in [-0.2, -0.15) is 0 Å². The van der Waals surface area contributed by atoms with E-state index >= 15 is 0 Å². The number of nitrogens with zero attached hydrogens (tertiary/aromatic N) is 2. The van der Waals surface area contributed by atoms with Crippen molar-refractivity contribution < 1.29 is 14.0 Å². The van der Waals surface area contributed by atoms with Gasteiger partial charge in [0.1, 0.15) is 5.76 Å². The Morgan fingerprint density at radius 3 is 2.83 bits per heavy atom. The van der Waals surface area contributed by atoms with Crippen LogP contribution in [-0.4, -0.2) is 40.4 Å². The fourth-order valence-electron chi connectivity index (χ4n) is 4.71. The summed E-state index contributed by atoms with van der Waals surface area (Å²) in [5, 5.41) is 2.97. The summed E-state index contributed by atoms with van der Waals surface area (Å²) in [6, 6.07) is 9.20. The lowest BCUT2D eigenvalue weighted by molar-refractivity contribution is -0.136. The van der Waals surface area contributed by atoms with Crippen LogP contribution in [0.2, 0.25) is 0 Å². The average molecular weight is 412 g/mol. The van der Waals surface area contributed by atoms with Gasteiger partial charge in [0.15, 0.2) is 0 Å². The molecule has 3 atom stereocenters. The molecule has 2 bridgehead atoms. The van der Waals surface area contributed by atoms with Gasteiger partial charge >= 0.3 is 0 Å². The van der Waals surface area contributed by atoms with E-state index in [-0.39, 0.29) is 42.2 Å². The minimum Gasteiger partial charge on any atom is -0.469 e. The van der Waals surface area contributed by atoms with E-state index in [9.17, 15) is 14.4 Å². The molecule has 2 aromatic heterocycles. The van der Waals surface area contributed by atoms with E-state index < -0.39 is 0 Å². The second kappa shape index (κ2) is 8.90. The first kappa shape index (κ1) is 20.4. The van der Waals surface area contributed by atoms with Gasteiger partial charge in [-0.1, -0.05) is 6.07 Å². The molecule has 2 aliphatic rings. The van der Waals surface area contributed by atoms with Crippen LogP contribution in [0.1, 0.15) is 50.0 Å². The van der Waals surface area contributed by atoms with Gasteiger partial charge in [0.05, 0.1) is 6.26 Å². The first-order chi connectivity index (χ1) is 14.5. The zero-order chi connectivity index (χ0) is 21.1. The molecule has 0 radical (unpaired) electrons. The molecule has 160 valence electrons. The molecule has 0 aliphatic carbocycles. The van der Waals surface area contributed by atoms with Crippen LogP contribution < -0.4 is 10.9 Å². The van der Waals surface area contributed by atoms with E-state index in [2.05, 4.69) is 5.32 Å². The average Bonchev–Trinajstić information content (AvgIpc) is 3.25. The van der Waals surface area contributed by atoms with E-state index in [4.69, 9.17) is 4.42 Å². The predicted octanol–water partition coefficient (Wildman–Crippen LogP) is 2.30. The maximum absolute atomic E-state index is 12.7. The zero-order valence-corrected chi connectivity index (χ0v) is 17.4. The maximum Gasteiger partial charge on any atom is 0.250 e. The minimum absolute atomic E-state index is 0.0230. The predicted molar refractivity (Wildman–Crippen MR) is 112 cm³/mol. The van der Waals surface area contributed by atoms with Gasteiger partial charge in [0.2, 0.25) is 11.8 Å². The summed E-state index contributed by atoms with van der Waals surface area (Å²) < 4.78 is 7.17. The summed E-state index contributed by atoms with van der Waals surface area (Å²) in [6.45, 7) is 3.92. The second-order valence-electron chi connectivity index (χ2n) is 8.58. The standard InChI is InChI=1S/C23H29N3O4/c1-16(7-8-19-4-3-11-30-19)24-21(27)9-10-22(28)25-13-17-12-18(15-25)20-5-2-6-23(29)26(20)14-17/h2-6,11,16-18H,7-10,12-15H2,1H3,(H,24,27)/t16?,17?,18-/m0/s1. The Bertz CT molecular complexity index is 950. The normalized spacial score (nSPS) is 21.0. The highest BCUT2D eigenvalue weighted by Gasteiger charge is 2.36. The lowest BCUT2D eigenvalue weighted by Gasteiger charge is -2.42. The molecule has 0 saturated carbocycles. The lowest BCUT2D eigenvalue weighted by atomic mass is 9.83. The molecule has 0 spiro atoms. The molecule has 4 heterocycles. The summed E-state index contributed by atoms with van der Waals surface area (Å²) in [4.78, 5) is 39.0. The highest BCUT2D eigenvalue weighted by molar-refractivity contribution is 5.84. The first-order valence-electron chi connectivity index (χ1n) is 10.8. The van der Waals surface area contributed by atoms with Crippen molar-refractivity contribution in [3.05, 3.63) is 58.4 Å². The van der Waals surface area contributed by atoms with Crippen LogP contribution >= 0.6 is 0 Å². The molecule has 1 fully saturated rings. The summed E-state index contributed by atoms with van der Waals surface area (Å²) in [7, 11) is 0. The summed E-state index contributed by atoms with van der Waals surface area (Å²) in [5.74, 6) is 1.34. The molecule has 2 unspecified atom stereocenters. The smallest absolute Gasteiger partial charge is 0.250 e. The number of likely N-dealkylation sites (tertiary alicyclic amines) is 1. The quantitative estimate of drug-likeness (QED) is 0.758. The summed E-state index contributed by atoms with van der Waals surface area (Å²) in [5.41, 5.74) is 1.07. The van der Waals surface area contributed by atoms with Crippen LogP contribution in [0.5, 0.6) is 0 Å².